The van der Waals surface area contributed by atoms with Crippen molar-refractivity contribution in [2.75, 3.05) is 5.32 Å². The number of aliphatic hydroxyl groups is 1. The molecule has 0 saturated heterocycles. The summed E-state index contributed by atoms with van der Waals surface area (Å²) in [5, 5.41) is 13.8. The van der Waals surface area contributed by atoms with Crippen molar-refractivity contribution in [1.29, 1.82) is 0 Å². The molecule has 0 unspecified atom stereocenters. The van der Waals surface area contributed by atoms with Crippen molar-refractivity contribution in [3.63, 3.8) is 0 Å². The summed E-state index contributed by atoms with van der Waals surface area (Å²) in [6.07, 6.45) is 0.691. The molecule has 6 heteroatoms. The second-order valence-corrected chi connectivity index (χ2v) is 7.82. The molecule has 1 aromatic heterocycles. The molecule has 0 saturated carbocycles. The maximum atomic E-state index is 12.6. The molecule has 1 aromatic carbocycles. The van der Waals surface area contributed by atoms with E-state index in [2.05, 4.69) is 19.2 Å². The molecule has 2 N–H and O–H groups in total. The van der Waals surface area contributed by atoms with Gasteiger partial charge in [0.2, 0.25) is 0 Å². The number of halogens is 2. The van der Waals surface area contributed by atoms with Crippen molar-refractivity contribution >= 4 is 34.8 Å². The molecule has 1 amide bonds. The smallest absolute Gasteiger partial charge is 0.291 e. The van der Waals surface area contributed by atoms with Crippen LogP contribution in [-0.2, 0) is 6.42 Å². The molecule has 0 radical (unpaired) electrons. The number of hydrogen-bond acceptors (Lipinski definition) is 3. The fraction of sp³-hybridized carbons (Fsp3) is 0.389. The van der Waals surface area contributed by atoms with Crippen molar-refractivity contribution in [1.82, 2.24) is 0 Å². The Hall–Kier alpha value is -1.49. The summed E-state index contributed by atoms with van der Waals surface area (Å²) < 4.78 is 5.80. The molecule has 1 aliphatic carbocycles. The SMILES string of the molecule is Cc1c(C(=O)Nc2c(Cl)cccc2Cl)oc2c1[C@@H](O)CC(C)(C)C2. The van der Waals surface area contributed by atoms with Gasteiger partial charge in [0.1, 0.15) is 5.76 Å². The van der Waals surface area contributed by atoms with Crippen LogP contribution in [0.2, 0.25) is 10.0 Å². The minimum absolute atomic E-state index is 0.0729. The molecule has 0 aliphatic heterocycles. The highest BCUT2D eigenvalue weighted by Gasteiger charge is 2.37. The molecular weight excluding hydrogens is 349 g/mol. The number of aliphatic hydroxyl groups excluding tert-OH is 1. The van der Waals surface area contributed by atoms with Crippen LogP contribution in [0.4, 0.5) is 5.69 Å². The summed E-state index contributed by atoms with van der Waals surface area (Å²) in [5.41, 5.74) is 1.66. The Labute approximate surface area is 150 Å². The minimum Gasteiger partial charge on any atom is -0.455 e. The van der Waals surface area contributed by atoms with Gasteiger partial charge in [-0.2, -0.15) is 0 Å². The first-order valence-corrected chi connectivity index (χ1v) is 8.51. The molecule has 0 bridgehead atoms. The lowest BCUT2D eigenvalue weighted by atomic mass is 9.75. The van der Waals surface area contributed by atoms with Crippen molar-refractivity contribution in [2.45, 2.75) is 39.7 Å². The lowest BCUT2D eigenvalue weighted by molar-refractivity contribution is 0.0910. The Kier molecular flexibility index (Phi) is 4.41. The third kappa shape index (κ3) is 3.06. The van der Waals surface area contributed by atoms with Gasteiger partial charge in [0.05, 0.1) is 21.8 Å². The number of furan rings is 1. The van der Waals surface area contributed by atoms with Gasteiger partial charge in [0.15, 0.2) is 5.76 Å². The van der Waals surface area contributed by atoms with Crippen LogP contribution in [0.5, 0.6) is 0 Å². The minimum atomic E-state index is -0.627. The van der Waals surface area contributed by atoms with E-state index in [9.17, 15) is 9.90 Å². The Morgan fingerprint density at radius 1 is 1.33 bits per heavy atom. The average molecular weight is 368 g/mol. The molecule has 2 aromatic rings. The molecule has 4 nitrogen and oxygen atoms in total. The van der Waals surface area contributed by atoms with Crippen molar-refractivity contribution < 1.29 is 14.3 Å². The number of fused-ring (bicyclic) bond motifs is 1. The van der Waals surface area contributed by atoms with Crippen LogP contribution < -0.4 is 5.32 Å². The number of nitrogens with one attached hydrogen (secondary N) is 1. The van der Waals surface area contributed by atoms with Gasteiger partial charge in [0, 0.05) is 17.5 Å². The van der Waals surface area contributed by atoms with E-state index in [1.54, 1.807) is 25.1 Å². The van der Waals surface area contributed by atoms with Crippen molar-refractivity contribution in [3.05, 3.63) is 50.9 Å². The first-order chi connectivity index (χ1) is 11.2. The molecular formula is C18H19Cl2NO3. The van der Waals surface area contributed by atoms with E-state index in [4.69, 9.17) is 27.6 Å². The van der Waals surface area contributed by atoms with Crippen LogP contribution >= 0.6 is 23.2 Å². The van der Waals surface area contributed by atoms with Gasteiger partial charge >= 0.3 is 0 Å². The average Bonchev–Trinajstić information content (AvgIpc) is 2.78. The topological polar surface area (TPSA) is 62.5 Å². The fourth-order valence-corrected chi connectivity index (χ4v) is 3.78. The van der Waals surface area contributed by atoms with Gasteiger partial charge in [-0.05, 0) is 30.9 Å². The first-order valence-electron chi connectivity index (χ1n) is 7.75. The van der Waals surface area contributed by atoms with Crippen LogP contribution in [0.15, 0.2) is 22.6 Å². The van der Waals surface area contributed by atoms with Gasteiger partial charge in [-0.15, -0.1) is 0 Å². The van der Waals surface area contributed by atoms with Crippen molar-refractivity contribution in [3.8, 4) is 0 Å². The quantitative estimate of drug-likeness (QED) is 0.770. The van der Waals surface area contributed by atoms with E-state index >= 15 is 0 Å². The Morgan fingerprint density at radius 3 is 2.58 bits per heavy atom. The largest absolute Gasteiger partial charge is 0.455 e. The van der Waals surface area contributed by atoms with Crippen LogP contribution in [0.1, 0.15) is 53.8 Å². The highest BCUT2D eigenvalue weighted by molar-refractivity contribution is 6.40. The molecule has 3 rings (SSSR count). The second kappa shape index (κ2) is 6.10. The Bertz CT molecular complexity index is 791. The molecule has 1 atom stereocenters. The lowest BCUT2D eigenvalue weighted by Crippen LogP contribution is -2.24. The molecule has 1 heterocycles. The number of amides is 1. The Balaban J connectivity index is 1.95. The zero-order valence-electron chi connectivity index (χ0n) is 13.7. The number of carbonyl (C=O) groups excluding carboxylic acids is 1. The molecule has 0 spiro atoms. The maximum absolute atomic E-state index is 12.6. The highest BCUT2D eigenvalue weighted by Crippen LogP contribution is 2.44. The van der Waals surface area contributed by atoms with E-state index < -0.39 is 12.0 Å². The van der Waals surface area contributed by atoms with Gasteiger partial charge in [-0.3, -0.25) is 4.79 Å². The molecule has 24 heavy (non-hydrogen) atoms. The zero-order chi connectivity index (χ0) is 17.6. The highest BCUT2D eigenvalue weighted by atomic mass is 35.5. The second-order valence-electron chi connectivity index (χ2n) is 7.00. The van der Waals surface area contributed by atoms with Gasteiger partial charge in [-0.1, -0.05) is 43.1 Å². The van der Waals surface area contributed by atoms with Gasteiger partial charge < -0.3 is 14.8 Å². The van der Waals surface area contributed by atoms with Gasteiger partial charge in [-0.25, -0.2) is 0 Å². The summed E-state index contributed by atoms with van der Waals surface area (Å²) in [6.45, 7) is 5.92. The maximum Gasteiger partial charge on any atom is 0.291 e. The number of para-hydroxylation sites is 1. The predicted molar refractivity (Wildman–Crippen MR) is 94.9 cm³/mol. The van der Waals surface area contributed by atoms with Crippen molar-refractivity contribution in [2.24, 2.45) is 5.41 Å². The van der Waals surface area contributed by atoms with Crippen LogP contribution in [0.3, 0.4) is 0 Å². The standard InChI is InChI=1S/C18H19Cl2NO3/c1-9-14-12(22)7-18(2,3)8-13(14)24-16(9)17(23)21-15-10(19)5-4-6-11(15)20/h4-6,12,22H,7-8H2,1-3H3,(H,21,23)/t12-/m0/s1. The first kappa shape index (κ1) is 17.3. The zero-order valence-corrected chi connectivity index (χ0v) is 15.3. The third-order valence-electron chi connectivity index (χ3n) is 4.40. The summed E-state index contributed by atoms with van der Waals surface area (Å²) in [6, 6.07) is 5.00. The van der Waals surface area contributed by atoms with E-state index in [-0.39, 0.29) is 11.2 Å². The molecule has 128 valence electrons. The van der Waals surface area contributed by atoms with Gasteiger partial charge in [0.25, 0.3) is 5.91 Å². The lowest BCUT2D eigenvalue weighted by Gasteiger charge is -2.31. The van der Waals surface area contributed by atoms with Crippen LogP contribution in [-0.4, -0.2) is 11.0 Å². The molecule has 1 aliphatic rings. The third-order valence-corrected chi connectivity index (χ3v) is 5.03. The Morgan fingerprint density at radius 2 is 1.96 bits per heavy atom. The van der Waals surface area contributed by atoms with E-state index in [1.807, 2.05) is 0 Å². The fourth-order valence-electron chi connectivity index (χ4n) is 3.29. The number of anilines is 1. The molecule has 0 fully saturated rings. The van der Waals surface area contributed by atoms with Crippen LogP contribution in [0.25, 0.3) is 0 Å². The predicted octanol–water partition coefficient (Wildman–Crippen LogP) is 5.15. The van der Waals surface area contributed by atoms with E-state index in [0.29, 0.717) is 39.9 Å². The van der Waals surface area contributed by atoms with Crippen LogP contribution in [0, 0.1) is 12.3 Å². The summed E-state index contributed by atoms with van der Waals surface area (Å²) in [7, 11) is 0. The summed E-state index contributed by atoms with van der Waals surface area (Å²) >= 11 is 12.2. The summed E-state index contributed by atoms with van der Waals surface area (Å²) in [5.74, 6) is 0.432. The van der Waals surface area contributed by atoms with E-state index in [1.165, 1.54) is 0 Å². The number of hydrogen-bond donors (Lipinski definition) is 2. The number of carbonyl (C=O) groups is 1. The number of rotatable bonds is 2. The van der Waals surface area contributed by atoms with E-state index in [0.717, 1.165) is 5.56 Å². The number of benzene rings is 1. The normalized spacial score (nSPS) is 19.0. The summed E-state index contributed by atoms with van der Waals surface area (Å²) in [4.78, 5) is 12.6. The monoisotopic (exact) mass is 367 g/mol.